The Labute approximate surface area is 187 Å². The van der Waals surface area contributed by atoms with Gasteiger partial charge in [0, 0.05) is 48.9 Å². The van der Waals surface area contributed by atoms with Crippen molar-refractivity contribution in [1.82, 2.24) is 10.6 Å². The maximum Gasteiger partial charge on any atom is 2.00 e. The van der Waals surface area contributed by atoms with Crippen molar-refractivity contribution in [2.75, 3.05) is 0 Å². The van der Waals surface area contributed by atoms with Crippen LogP contribution in [-0.2, 0) is 9.59 Å². The summed E-state index contributed by atoms with van der Waals surface area (Å²) in [5.74, 6) is -0.572. The molecule has 0 aromatic rings. The molecule has 0 rings (SSSR count). The molecular weight excluding hydrogens is 433 g/mol. The molecule has 0 saturated heterocycles. The second kappa shape index (κ2) is 18.5. The van der Waals surface area contributed by atoms with E-state index in [1.807, 2.05) is 55.4 Å². The van der Waals surface area contributed by atoms with Gasteiger partial charge in [-0.2, -0.15) is 0 Å². The van der Waals surface area contributed by atoms with Gasteiger partial charge in [-0.15, -0.1) is 0 Å². The molecule has 0 atom stereocenters. The van der Waals surface area contributed by atoms with Crippen LogP contribution in [0.1, 0.15) is 81.1 Å². The summed E-state index contributed by atoms with van der Waals surface area (Å²) in [7, 11) is 0. The average molecular weight is 471 g/mol. The summed E-state index contributed by atoms with van der Waals surface area (Å²) in [5, 5.41) is 26.8. The molecule has 0 aliphatic carbocycles. The van der Waals surface area contributed by atoms with Crippen molar-refractivity contribution < 1.29 is 19.8 Å². The van der Waals surface area contributed by atoms with E-state index in [1.165, 1.54) is 0 Å². The third kappa shape index (κ3) is 26.4. The molecule has 0 fully saturated rings. The van der Waals surface area contributed by atoms with Gasteiger partial charge in [-0.25, -0.2) is 0 Å². The molecule has 0 heterocycles. The molecule has 0 aliphatic rings. The van der Waals surface area contributed by atoms with E-state index in [0.29, 0.717) is 12.8 Å². The van der Waals surface area contributed by atoms with Crippen molar-refractivity contribution in [2.45, 2.75) is 105 Å². The molecule has 166 valence electrons. The van der Waals surface area contributed by atoms with E-state index in [0.717, 1.165) is 11.7 Å². The molecular formula is C20H38GeN4O4. The van der Waals surface area contributed by atoms with Crippen LogP contribution in [0.25, 0.3) is 0 Å². The zero-order valence-corrected chi connectivity index (χ0v) is 21.3. The predicted molar refractivity (Wildman–Crippen MR) is 116 cm³/mol. The third-order valence-electron chi connectivity index (χ3n) is 2.87. The van der Waals surface area contributed by atoms with Crippen molar-refractivity contribution in [3.8, 4) is 0 Å². The molecule has 2 N–H and O–H groups in total. The number of aliphatic imine (C=N–C) groups is 2. The van der Waals surface area contributed by atoms with Gasteiger partial charge in [-0.3, -0.25) is 9.98 Å². The zero-order chi connectivity index (χ0) is 22.3. The SMILES string of the molecule is CC(C)N=C(CCC(=O)[O-])NC(C)C.CC(C)N=C(CCC(=O)[O-])NC(C)C.[Ge+2]. The van der Waals surface area contributed by atoms with Gasteiger partial charge in [-0.05, 0) is 68.2 Å². The molecule has 0 spiro atoms. The molecule has 0 bridgehead atoms. The first-order valence-electron chi connectivity index (χ1n) is 9.89. The summed E-state index contributed by atoms with van der Waals surface area (Å²) in [4.78, 5) is 29.2. The Kier molecular flexibility index (Phi) is 20.4. The maximum atomic E-state index is 10.3. The van der Waals surface area contributed by atoms with Crippen LogP contribution >= 0.6 is 0 Å². The van der Waals surface area contributed by atoms with Crippen LogP contribution in [0, 0.1) is 0 Å². The number of hydrogen-bond donors (Lipinski definition) is 2. The van der Waals surface area contributed by atoms with E-state index >= 15 is 0 Å². The van der Waals surface area contributed by atoms with Gasteiger partial charge in [0.25, 0.3) is 0 Å². The summed E-state index contributed by atoms with van der Waals surface area (Å²) in [6.45, 7) is 15.8. The standard InChI is InChI=1S/2C10H20N2O2.Ge/c2*1-7(2)11-9(12-8(3)4)5-6-10(13)14;/h2*7-8H,5-6H2,1-4H3,(H,11,12)(H,13,14);/q;;+2/p-2. The minimum absolute atomic E-state index is 0. The first kappa shape index (κ1) is 32.1. The number of carboxylic acids is 2. The van der Waals surface area contributed by atoms with Crippen molar-refractivity contribution in [3.63, 3.8) is 0 Å². The smallest absolute Gasteiger partial charge is 0.550 e. The maximum absolute atomic E-state index is 10.3. The average Bonchev–Trinajstić information content (AvgIpc) is 2.48. The number of carbonyl (C=O) groups is 2. The number of carbonyl (C=O) groups excluding carboxylic acids is 2. The molecule has 0 saturated carbocycles. The minimum atomic E-state index is -1.04. The number of rotatable bonds is 10. The molecule has 8 nitrogen and oxygen atoms in total. The van der Waals surface area contributed by atoms with Crippen LogP contribution in [0.3, 0.4) is 0 Å². The van der Waals surface area contributed by atoms with Crippen LogP contribution in [0.4, 0.5) is 0 Å². The second-order valence-corrected chi connectivity index (χ2v) is 7.68. The van der Waals surface area contributed by atoms with Gasteiger partial charge >= 0.3 is 17.6 Å². The Morgan fingerprint density at radius 3 is 1.10 bits per heavy atom. The molecule has 0 aromatic heterocycles. The molecule has 2 radical (unpaired) electrons. The van der Waals surface area contributed by atoms with Gasteiger partial charge in [0.1, 0.15) is 0 Å². The molecule has 0 unspecified atom stereocenters. The van der Waals surface area contributed by atoms with Gasteiger partial charge < -0.3 is 30.4 Å². The molecule has 0 aliphatic heterocycles. The summed E-state index contributed by atoms with van der Waals surface area (Å²) < 4.78 is 0. The van der Waals surface area contributed by atoms with E-state index in [-0.39, 0.29) is 54.6 Å². The normalized spacial score (nSPS) is 11.9. The number of carboxylic acid groups (broad SMARTS) is 2. The van der Waals surface area contributed by atoms with E-state index in [2.05, 4.69) is 20.6 Å². The quantitative estimate of drug-likeness (QED) is 0.267. The Balaban J connectivity index is -0.000000451. The molecule has 29 heavy (non-hydrogen) atoms. The Hall–Kier alpha value is -1.58. The van der Waals surface area contributed by atoms with Crippen LogP contribution in [0.2, 0.25) is 0 Å². The van der Waals surface area contributed by atoms with Gasteiger partial charge in [-0.1, -0.05) is 0 Å². The Morgan fingerprint density at radius 2 is 0.931 bits per heavy atom. The zero-order valence-electron chi connectivity index (χ0n) is 19.2. The summed E-state index contributed by atoms with van der Waals surface area (Å²) in [6, 6.07) is 0.902. The minimum Gasteiger partial charge on any atom is -0.550 e. The van der Waals surface area contributed by atoms with Crippen molar-refractivity contribution in [3.05, 3.63) is 0 Å². The van der Waals surface area contributed by atoms with E-state index in [1.54, 1.807) is 0 Å². The van der Waals surface area contributed by atoms with Crippen molar-refractivity contribution in [1.29, 1.82) is 0 Å². The number of amidine groups is 2. The van der Waals surface area contributed by atoms with Gasteiger partial charge in [0.15, 0.2) is 0 Å². The first-order valence-corrected chi connectivity index (χ1v) is 9.89. The molecule has 0 amide bonds. The number of aliphatic carboxylic acids is 2. The van der Waals surface area contributed by atoms with E-state index in [4.69, 9.17) is 0 Å². The largest absolute Gasteiger partial charge is 2.00 e. The van der Waals surface area contributed by atoms with E-state index < -0.39 is 11.9 Å². The van der Waals surface area contributed by atoms with E-state index in [9.17, 15) is 19.8 Å². The fourth-order valence-corrected chi connectivity index (χ4v) is 2.08. The van der Waals surface area contributed by atoms with Crippen LogP contribution in [-0.4, -0.2) is 65.4 Å². The first-order chi connectivity index (χ1) is 12.8. The monoisotopic (exact) mass is 472 g/mol. The van der Waals surface area contributed by atoms with Crippen LogP contribution < -0.4 is 20.8 Å². The van der Waals surface area contributed by atoms with Gasteiger partial charge in [0.2, 0.25) is 0 Å². The van der Waals surface area contributed by atoms with Crippen molar-refractivity contribution in [2.24, 2.45) is 9.98 Å². The Bertz CT molecular complexity index is 473. The van der Waals surface area contributed by atoms with Crippen LogP contribution in [0.5, 0.6) is 0 Å². The summed E-state index contributed by atoms with van der Waals surface area (Å²) in [5.41, 5.74) is 0. The fraction of sp³-hybridized carbons (Fsp3) is 0.800. The predicted octanol–water partition coefficient (Wildman–Crippen LogP) is 0.262. The molecule has 9 heteroatoms. The number of nitrogens with zero attached hydrogens (tertiary/aromatic N) is 2. The van der Waals surface area contributed by atoms with Gasteiger partial charge in [0.05, 0.1) is 11.7 Å². The summed E-state index contributed by atoms with van der Waals surface area (Å²) in [6.07, 6.45) is 0.869. The Morgan fingerprint density at radius 1 is 0.655 bits per heavy atom. The number of hydrogen-bond acceptors (Lipinski definition) is 6. The number of nitrogens with one attached hydrogen (secondary N) is 2. The summed E-state index contributed by atoms with van der Waals surface area (Å²) >= 11 is 0. The fourth-order valence-electron chi connectivity index (χ4n) is 2.08. The topological polar surface area (TPSA) is 129 Å². The molecule has 0 aromatic carbocycles. The van der Waals surface area contributed by atoms with Crippen LogP contribution in [0.15, 0.2) is 9.98 Å². The third-order valence-corrected chi connectivity index (χ3v) is 2.87. The second-order valence-electron chi connectivity index (χ2n) is 7.68. The van der Waals surface area contributed by atoms with Crippen molar-refractivity contribution >= 4 is 41.2 Å².